The molecule has 0 aliphatic heterocycles. The quantitative estimate of drug-likeness (QED) is 0.851. The highest BCUT2D eigenvalue weighted by molar-refractivity contribution is 5.96. The molecule has 1 N–H and O–H groups in total. The average Bonchev–Trinajstić information content (AvgIpc) is 2.48. The Labute approximate surface area is 127 Å². The normalized spacial score (nSPS) is 10.5. The van der Waals surface area contributed by atoms with Crippen LogP contribution in [-0.4, -0.2) is 30.1 Å². The van der Waals surface area contributed by atoms with Crippen LogP contribution in [0.4, 0.5) is 0 Å². The van der Waals surface area contributed by atoms with Gasteiger partial charge in [-0.25, -0.2) is 4.79 Å². The molecule has 0 bridgehead atoms. The fourth-order valence-corrected chi connectivity index (χ4v) is 2.19. The maximum atomic E-state index is 12.5. The van der Waals surface area contributed by atoms with Gasteiger partial charge in [-0.3, -0.25) is 9.59 Å². The molecular weight excluding hydrogens is 286 g/mol. The van der Waals surface area contributed by atoms with Crippen molar-refractivity contribution in [1.29, 1.82) is 0 Å². The van der Waals surface area contributed by atoms with Crippen LogP contribution in [0.15, 0.2) is 29.1 Å². The molecule has 0 fully saturated rings. The van der Waals surface area contributed by atoms with Crippen LogP contribution in [0.3, 0.4) is 0 Å². The Hall–Kier alpha value is -2.63. The van der Waals surface area contributed by atoms with Gasteiger partial charge in [0.2, 0.25) is 5.43 Å². The molecule has 0 aliphatic rings. The number of esters is 2. The Bertz CT molecular complexity index is 763. The molecule has 0 saturated carbocycles. The topological polar surface area (TPSA) is 85.5 Å². The Morgan fingerprint density at radius 2 is 1.77 bits per heavy atom. The van der Waals surface area contributed by atoms with Crippen LogP contribution in [0.2, 0.25) is 0 Å². The van der Waals surface area contributed by atoms with E-state index in [0.717, 1.165) is 0 Å². The highest BCUT2D eigenvalue weighted by Gasteiger charge is 2.22. The molecule has 2 rings (SSSR count). The van der Waals surface area contributed by atoms with Crippen molar-refractivity contribution in [3.8, 4) is 0 Å². The van der Waals surface area contributed by atoms with Crippen molar-refractivity contribution in [2.75, 3.05) is 13.2 Å². The molecule has 116 valence electrons. The molecule has 22 heavy (non-hydrogen) atoms. The molecule has 6 nitrogen and oxygen atoms in total. The van der Waals surface area contributed by atoms with E-state index in [2.05, 4.69) is 4.98 Å². The molecule has 1 heterocycles. The van der Waals surface area contributed by atoms with Gasteiger partial charge >= 0.3 is 11.9 Å². The average molecular weight is 303 g/mol. The first-order valence-corrected chi connectivity index (χ1v) is 7.05. The molecule has 0 saturated heterocycles. The minimum atomic E-state index is -0.742. The standard InChI is InChI=1S/C16H17NO5/c1-3-21-13(18)9-12-14(16(20)22-4-2)15(19)10-7-5-6-8-11(10)17-12/h5-8H,3-4,9H2,1-2H3,(H,17,19). The van der Waals surface area contributed by atoms with Crippen LogP contribution in [0, 0.1) is 0 Å². The minimum absolute atomic E-state index is 0.143. The summed E-state index contributed by atoms with van der Waals surface area (Å²) in [4.78, 5) is 39.3. The van der Waals surface area contributed by atoms with Gasteiger partial charge in [-0.05, 0) is 26.0 Å². The summed E-state index contributed by atoms with van der Waals surface area (Å²) in [5.41, 5.74) is 0.168. The summed E-state index contributed by atoms with van der Waals surface area (Å²) in [6, 6.07) is 6.79. The molecular formula is C16H17NO5. The number of carbonyl (C=O) groups is 2. The van der Waals surface area contributed by atoms with Crippen molar-refractivity contribution < 1.29 is 19.1 Å². The van der Waals surface area contributed by atoms with Crippen LogP contribution >= 0.6 is 0 Å². The minimum Gasteiger partial charge on any atom is -0.466 e. The summed E-state index contributed by atoms with van der Waals surface area (Å²) in [6.45, 7) is 3.71. The molecule has 6 heteroatoms. The molecule has 0 atom stereocenters. The Morgan fingerprint density at radius 1 is 1.09 bits per heavy atom. The smallest absolute Gasteiger partial charge is 0.343 e. The third-order valence-corrected chi connectivity index (χ3v) is 3.09. The number of hydrogen-bond donors (Lipinski definition) is 1. The summed E-state index contributed by atoms with van der Waals surface area (Å²) in [7, 11) is 0. The van der Waals surface area contributed by atoms with E-state index in [1.54, 1.807) is 38.1 Å². The zero-order chi connectivity index (χ0) is 16.1. The van der Waals surface area contributed by atoms with Crippen molar-refractivity contribution in [2.24, 2.45) is 0 Å². The van der Waals surface area contributed by atoms with E-state index in [1.165, 1.54) is 0 Å². The molecule has 0 aliphatic carbocycles. The van der Waals surface area contributed by atoms with E-state index < -0.39 is 17.4 Å². The Kier molecular flexibility index (Phi) is 4.93. The summed E-state index contributed by atoms with van der Waals surface area (Å²) in [5, 5.41) is 0.373. The van der Waals surface area contributed by atoms with Gasteiger partial charge in [0, 0.05) is 16.6 Å². The maximum Gasteiger partial charge on any atom is 0.343 e. The lowest BCUT2D eigenvalue weighted by atomic mass is 10.1. The number of pyridine rings is 1. The van der Waals surface area contributed by atoms with Crippen LogP contribution in [0.1, 0.15) is 29.9 Å². The number of carbonyl (C=O) groups excluding carboxylic acids is 2. The number of ether oxygens (including phenoxy) is 2. The van der Waals surface area contributed by atoms with Crippen molar-refractivity contribution >= 4 is 22.8 Å². The first-order valence-electron chi connectivity index (χ1n) is 7.05. The first kappa shape index (κ1) is 15.8. The first-order chi connectivity index (χ1) is 10.6. The molecule has 0 spiro atoms. The largest absolute Gasteiger partial charge is 0.466 e. The van der Waals surface area contributed by atoms with Gasteiger partial charge in [0.15, 0.2) is 0 Å². The number of rotatable bonds is 5. The van der Waals surface area contributed by atoms with E-state index in [1.807, 2.05) is 0 Å². The maximum absolute atomic E-state index is 12.5. The van der Waals surface area contributed by atoms with E-state index in [4.69, 9.17) is 9.47 Å². The fraction of sp³-hybridized carbons (Fsp3) is 0.312. The van der Waals surface area contributed by atoms with Crippen LogP contribution in [0.5, 0.6) is 0 Å². The number of hydrogen-bond acceptors (Lipinski definition) is 5. The van der Waals surface area contributed by atoms with Gasteiger partial charge < -0.3 is 14.5 Å². The monoisotopic (exact) mass is 303 g/mol. The number of nitrogens with one attached hydrogen (secondary N) is 1. The molecule has 2 aromatic rings. The zero-order valence-corrected chi connectivity index (χ0v) is 12.5. The predicted molar refractivity (Wildman–Crippen MR) is 80.9 cm³/mol. The number of H-pyrrole nitrogens is 1. The summed E-state index contributed by atoms with van der Waals surface area (Å²) in [6.07, 6.45) is -0.192. The number of aromatic amines is 1. The van der Waals surface area contributed by atoms with Crippen LogP contribution in [-0.2, 0) is 20.7 Å². The molecule has 1 aromatic heterocycles. The molecule has 0 amide bonds. The lowest BCUT2D eigenvalue weighted by molar-refractivity contribution is -0.142. The summed E-state index contributed by atoms with van der Waals surface area (Å²) >= 11 is 0. The fourth-order valence-electron chi connectivity index (χ4n) is 2.19. The van der Waals surface area contributed by atoms with Crippen molar-refractivity contribution in [3.05, 3.63) is 45.7 Å². The van der Waals surface area contributed by atoms with Gasteiger partial charge in [-0.15, -0.1) is 0 Å². The highest BCUT2D eigenvalue weighted by Crippen LogP contribution is 2.13. The lowest BCUT2D eigenvalue weighted by Crippen LogP contribution is -2.24. The number of fused-ring (bicyclic) bond motifs is 1. The Balaban J connectivity index is 2.60. The van der Waals surface area contributed by atoms with Gasteiger partial charge in [0.25, 0.3) is 0 Å². The number of aromatic nitrogens is 1. The highest BCUT2D eigenvalue weighted by atomic mass is 16.5. The molecule has 1 aromatic carbocycles. The van der Waals surface area contributed by atoms with E-state index in [9.17, 15) is 14.4 Å². The SMILES string of the molecule is CCOC(=O)Cc1[nH]c2ccccc2c(=O)c1C(=O)OCC. The van der Waals surface area contributed by atoms with Crippen LogP contribution in [0.25, 0.3) is 10.9 Å². The zero-order valence-electron chi connectivity index (χ0n) is 12.5. The third-order valence-electron chi connectivity index (χ3n) is 3.09. The second kappa shape index (κ2) is 6.89. The van der Waals surface area contributed by atoms with E-state index in [0.29, 0.717) is 10.9 Å². The summed E-state index contributed by atoms with van der Waals surface area (Å²) in [5.74, 6) is -1.26. The van der Waals surface area contributed by atoms with Crippen molar-refractivity contribution in [3.63, 3.8) is 0 Å². The Morgan fingerprint density at radius 3 is 2.45 bits per heavy atom. The molecule has 0 radical (unpaired) electrons. The van der Waals surface area contributed by atoms with Crippen molar-refractivity contribution in [2.45, 2.75) is 20.3 Å². The van der Waals surface area contributed by atoms with Gasteiger partial charge in [-0.2, -0.15) is 0 Å². The third kappa shape index (κ3) is 3.16. The number of benzene rings is 1. The van der Waals surface area contributed by atoms with Crippen molar-refractivity contribution in [1.82, 2.24) is 4.98 Å². The second-order valence-corrected chi connectivity index (χ2v) is 4.56. The lowest BCUT2D eigenvalue weighted by Gasteiger charge is -2.10. The van der Waals surface area contributed by atoms with E-state index in [-0.39, 0.29) is 30.9 Å². The predicted octanol–water partition coefficient (Wildman–Crippen LogP) is 1.81. The molecule has 0 unspecified atom stereocenters. The van der Waals surface area contributed by atoms with Crippen LogP contribution < -0.4 is 5.43 Å². The second-order valence-electron chi connectivity index (χ2n) is 4.56. The van der Waals surface area contributed by atoms with Gasteiger partial charge in [0.05, 0.1) is 19.6 Å². The summed E-state index contributed by atoms with van der Waals surface area (Å²) < 4.78 is 9.81. The number of para-hydroxylation sites is 1. The van der Waals surface area contributed by atoms with E-state index >= 15 is 0 Å². The van der Waals surface area contributed by atoms with Gasteiger partial charge in [-0.1, -0.05) is 12.1 Å². The van der Waals surface area contributed by atoms with Gasteiger partial charge in [0.1, 0.15) is 5.56 Å².